The zero-order valence-electron chi connectivity index (χ0n) is 17.3. The quantitative estimate of drug-likeness (QED) is 0.695. The predicted molar refractivity (Wildman–Crippen MR) is 116 cm³/mol. The second-order valence-electron chi connectivity index (χ2n) is 7.95. The van der Waals surface area contributed by atoms with Gasteiger partial charge in [0.25, 0.3) is 0 Å². The Bertz CT molecular complexity index is 1140. The number of anilines is 1. The highest BCUT2D eigenvalue weighted by molar-refractivity contribution is 5.91. The zero-order chi connectivity index (χ0) is 21.4. The number of hydrogen-bond acceptors (Lipinski definition) is 5. The maximum absolute atomic E-state index is 12.5. The fourth-order valence-corrected chi connectivity index (χ4v) is 4.29. The second-order valence-corrected chi connectivity index (χ2v) is 7.95. The van der Waals surface area contributed by atoms with Gasteiger partial charge in [0.2, 0.25) is 5.91 Å². The Morgan fingerprint density at radius 3 is 2.84 bits per heavy atom. The Morgan fingerprint density at radius 1 is 1.19 bits per heavy atom. The number of rotatable bonds is 4. The van der Waals surface area contributed by atoms with Crippen LogP contribution >= 0.6 is 0 Å². The molecule has 1 saturated heterocycles. The van der Waals surface area contributed by atoms with Crippen LogP contribution in [0.25, 0.3) is 22.6 Å². The molecule has 1 fully saturated rings. The molecule has 2 amide bonds. The van der Waals surface area contributed by atoms with Gasteiger partial charge in [-0.3, -0.25) is 9.69 Å². The van der Waals surface area contributed by atoms with Crippen LogP contribution < -0.4 is 10.2 Å². The van der Waals surface area contributed by atoms with Crippen molar-refractivity contribution >= 4 is 17.7 Å². The van der Waals surface area contributed by atoms with Crippen LogP contribution in [0, 0.1) is 0 Å². The molecule has 0 bridgehead atoms. The van der Waals surface area contributed by atoms with E-state index in [9.17, 15) is 9.59 Å². The van der Waals surface area contributed by atoms with Crippen LogP contribution in [0.1, 0.15) is 24.5 Å². The molecule has 31 heavy (non-hydrogen) atoms. The predicted octanol–water partition coefficient (Wildman–Crippen LogP) is 3.96. The van der Waals surface area contributed by atoms with Crippen molar-refractivity contribution < 1.29 is 18.8 Å². The molecule has 2 aromatic carbocycles. The number of hydrogen-bond donors (Lipinski definition) is 1. The molecule has 1 aliphatic heterocycles. The maximum atomic E-state index is 12.5. The van der Waals surface area contributed by atoms with E-state index in [2.05, 4.69) is 16.5 Å². The second kappa shape index (κ2) is 7.91. The summed E-state index contributed by atoms with van der Waals surface area (Å²) in [6.45, 7) is 2.13. The van der Waals surface area contributed by atoms with Crippen LogP contribution in [-0.2, 0) is 22.4 Å². The Hall–Kier alpha value is -3.61. The first kappa shape index (κ1) is 19.4. The van der Waals surface area contributed by atoms with Crippen molar-refractivity contribution in [3.63, 3.8) is 0 Å². The zero-order valence-corrected chi connectivity index (χ0v) is 17.3. The fourth-order valence-electron chi connectivity index (χ4n) is 4.29. The Balaban J connectivity index is 1.48. The van der Waals surface area contributed by atoms with E-state index in [1.807, 2.05) is 42.5 Å². The van der Waals surface area contributed by atoms with Crippen molar-refractivity contribution in [2.45, 2.75) is 32.3 Å². The average molecular weight is 417 g/mol. The first-order valence-corrected chi connectivity index (χ1v) is 10.5. The molecule has 1 aromatic heterocycles. The van der Waals surface area contributed by atoms with Crippen LogP contribution in [0.2, 0.25) is 0 Å². The highest BCUT2D eigenvalue weighted by atomic mass is 16.6. The third-order valence-electron chi connectivity index (χ3n) is 5.81. The van der Waals surface area contributed by atoms with Crippen molar-refractivity contribution in [3.8, 4) is 22.6 Å². The van der Waals surface area contributed by atoms with E-state index in [0.717, 1.165) is 53.1 Å². The lowest BCUT2D eigenvalue weighted by Gasteiger charge is -2.15. The number of carbonyl (C=O) groups excluding carboxylic acids is 2. The third-order valence-corrected chi connectivity index (χ3v) is 5.81. The number of aromatic nitrogens is 1. The van der Waals surface area contributed by atoms with Gasteiger partial charge in [0.15, 0.2) is 5.76 Å². The van der Waals surface area contributed by atoms with Gasteiger partial charge in [-0.1, -0.05) is 41.6 Å². The van der Waals surface area contributed by atoms with E-state index in [4.69, 9.17) is 9.26 Å². The summed E-state index contributed by atoms with van der Waals surface area (Å²) in [6.07, 6.45) is 2.04. The normalized spacial score (nSPS) is 17.5. The van der Waals surface area contributed by atoms with Crippen molar-refractivity contribution in [3.05, 3.63) is 59.7 Å². The van der Waals surface area contributed by atoms with Crippen molar-refractivity contribution in [2.24, 2.45) is 0 Å². The fraction of sp³-hybridized carbons (Fsp3) is 0.292. The lowest BCUT2D eigenvalue weighted by molar-refractivity contribution is -0.119. The molecular formula is C24H23N3O4. The summed E-state index contributed by atoms with van der Waals surface area (Å²) in [5, 5.41) is 7.09. The number of carbonyl (C=O) groups is 2. The summed E-state index contributed by atoms with van der Waals surface area (Å²) in [7, 11) is 0. The van der Waals surface area contributed by atoms with Gasteiger partial charge < -0.3 is 14.6 Å². The van der Waals surface area contributed by atoms with Crippen molar-refractivity contribution in [1.29, 1.82) is 0 Å². The summed E-state index contributed by atoms with van der Waals surface area (Å²) in [5.41, 5.74) is 5.92. The minimum Gasteiger partial charge on any atom is -0.442 e. The molecule has 7 nitrogen and oxygen atoms in total. The number of ether oxygens (including phenoxy) is 1. The van der Waals surface area contributed by atoms with E-state index < -0.39 is 6.09 Å². The molecule has 3 aromatic rings. The Kier molecular flexibility index (Phi) is 4.94. The largest absolute Gasteiger partial charge is 0.442 e. The molecule has 2 heterocycles. The molecule has 0 saturated carbocycles. The van der Waals surface area contributed by atoms with Crippen LogP contribution in [-0.4, -0.2) is 36.4 Å². The molecule has 1 unspecified atom stereocenters. The molecule has 158 valence electrons. The summed E-state index contributed by atoms with van der Waals surface area (Å²) in [5.74, 6) is 0.627. The summed E-state index contributed by atoms with van der Waals surface area (Å²) in [6, 6.07) is 16.0. The minimum absolute atomic E-state index is 0.147. The van der Waals surface area contributed by atoms with Gasteiger partial charge in [-0.2, -0.15) is 0 Å². The lowest BCUT2D eigenvalue weighted by Crippen LogP contribution is -2.33. The third kappa shape index (κ3) is 3.67. The van der Waals surface area contributed by atoms with Crippen molar-refractivity contribution in [2.75, 3.05) is 18.0 Å². The molecule has 1 N–H and O–H groups in total. The summed E-state index contributed by atoms with van der Waals surface area (Å²) < 4.78 is 11.3. The van der Waals surface area contributed by atoms with E-state index >= 15 is 0 Å². The standard InChI is InChI=1S/C24H23N3O4/c1-15(28)25-13-19-14-27(24(29)30-19)18-11-10-16-8-5-9-20-22(17-6-3-2-4-7-17)26-31-23(20)21(16)12-18/h2-4,6-7,10-12,19H,5,8-9,13-14H2,1H3,(H,25,28). The van der Waals surface area contributed by atoms with Gasteiger partial charge in [-0.05, 0) is 37.0 Å². The highest BCUT2D eigenvalue weighted by Crippen LogP contribution is 2.39. The van der Waals surface area contributed by atoms with Gasteiger partial charge in [-0.15, -0.1) is 0 Å². The SMILES string of the molecule is CC(=O)NCC1CN(c2ccc3c(c2)-c2onc(-c4ccccc4)c2CCC3)C(=O)O1. The number of nitrogens with one attached hydrogen (secondary N) is 1. The van der Waals surface area contributed by atoms with Gasteiger partial charge in [0.05, 0.1) is 13.1 Å². The minimum atomic E-state index is -0.410. The molecular weight excluding hydrogens is 394 g/mol. The van der Waals surface area contributed by atoms with Gasteiger partial charge in [0, 0.05) is 29.3 Å². The number of benzene rings is 2. The number of cyclic esters (lactones) is 1. The first-order chi connectivity index (χ1) is 15.1. The molecule has 0 radical (unpaired) electrons. The molecule has 7 heteroatoms. The van der Waals surface area contributed by atoms with E-state index in [1.54, 1.807) is 4.90 Å². The number of fused-ring (bicyclic) bond motifs is 3. The van der Waals surface area contributed by atoms with E-state index in [-0.39, 0.29) is 12.0 Å². The average Bonchev–Trinajstić information content (AvgIpc) is 3.31. The van der Waals surface area contributed by atoms with E-state index in [0.29, 0.717) is 13.1 Å². The Morgan fingerprint density at radius 2 is 2.03 bits per heavy atom. The van der Waals surface area contributed by atoms with Crippen LogP contribution in [0.5, 0.6) is 0 Å². The number of amides is 2. The number of aryl methyl sites for hydroxylation is 1. The van der Waals surface area contributed by atoms with Gasteiger partial charge in [0.1, 0.15) is 11.8 Å². The molecule has 2 aliphatic rings. The topological polar surface area (TPSA) is 84.7 Å². The summed E-state index contributed by atoms with van der Waals surface area (Å²) in [4.78, 5) is 25.2. The highest BCUT2D eigenvalue weighted by Gasteiger charge is 2.33. The Labute approximate surface area is 180 Å². The molecule has 5 rings (SSSR count). The van der Waals surface area contributed by atoms with Crippen LogP contribution in [0.3, 0.4) is 0 Å². The lowest BCUT2D eigenvalue weighted by atomic mass is 9.99. The molecule has 0 spiro atoms. The van der Waals surface area contributed by atoms with Crippen LogP contribution in [0.4, 0.5) is 10.5 Å². The molecule has 1 aliphatic carbocycles. The summed E-state index contributed by atoms with van der Waals surface area (Å²) >= 11 is 0. The monoisotopic (exact) mass is 417 g/mol. The first-order valence-electron chi connectivity index (χ1n) is 10.5. The van der Waals surface area contributed by atoms with E-state index in [1.165, 1.54) is 12.5 Å². The van der Waals surface area contributed by atoms with Gasteiger partial charge in [-0.25, -0.2) is 4.79 Å². The maximum Gasteiger partial charge on any atom is 0.414 e. The van der Waals surface area contributed by atoms with Crippen LogP contribution in [0.15, 0.2) is 53.1 Å². The smallest absolute Gasteiger partial charge is 0.414 e. The van der Waals surface area contributed by atoms with Gasteiger partial charge >= 0.3 is 6.09 Å². The van der Waals surface area contributed by atoms with Crippen molar-refractivity contribution in [1.82, 2.24) is 10.5 Å². The number of nitrogens with zero attached hydrogens (tertiary/aromatic N) is 2. The molecule has 1 atom stereocenters.